The van der Waals surface area contributed by atoms with Gasteiger partial charge in [-0.3, -0.25) is 4.98 Å². The van der Waals surface area contributed by atoms with Crippen LogP contribution in [0.25, 0.3) is 33.5 Å². The molecule has 0 radical (unpaired) electrons. The zero-order valence-electron chi connectivity index (χ0n) is 14.8. The Morgan fingerprint density at radius 1 is 0.964 bits per heavy atom. The van der Waals surface area contributed by atoms with Gasteiger partial charge in [-0.15, -0.1) is 0 Å². The second-order valence-electron chi connectivity index (χ2n) is 6.64. The maximum atomic E-state index is 14.3. The van der Waals surface area contributed by atoms with E-state index in [4.69, 9.17) is 4.98 Å². The molecule has 138 valence electrons. The monoisotopic (exact) mass is 375 g/mol. The van der Waals surface area contributed by atoms with Gasteiger partial charge >= 0.3 is 0 Å². The number of halogens is 2. The maximum absolute atomic E-state index is 14.3. The maximum Gasteiger partial charge on any atom is 0.182 e. The summed E-state index contributed by atoms with van der Waals surface area (Å²) in [6.45, 7) is 1.85. The Labute approximate surface area is 159 Å². The molecule has 0 N–H and O–H groups in total. The van der Waals surface area contributed by atoms with E-state index < -0.39 is 11.6 Å². The number of aromatic nitrogens is 4. The number of benzene rings is 2. The topological polar surface area (TPSA) is 54.8 Å². The third-order valence-corrected chi connectivity index (χ3v) is 4.89. The third kappa shape index (κ3) is 2.76. The van der Waals surface area contributed by atoms with E-state index in [1.807, 2.05) is 6.07 Å². The average molecular weight is 375 g/mol. The van der Waals surface area contributed by atoms with E-state index in [2.05, 4.69) is 19.9 Å². The fourth-order valence-corrected chi connectivity index (χ4v) is 3.31. The molecule has 0 spiro atoms. The van der Waals surface area contributed by atoms with Crippen LogP contribution in [0.5, 0.6) is 0 Å². The molecule has 1 aliphatic heterocycles. The average Bonchev–Trinajstić information content (AvgIpc) is 2.69. The van der Waals surface area contributed by atoms with Crippen molar-refractivity contribution in [3.8, 4) is 22.6 Å². The van der Waals surface area contributed by atoms with Crippen LogP contribution in [0, 0.1) is 11.6 Å². The van der Waals surface area contributed by atoms with Gasteiger partial charge in [-0.2, -0.15) is 0 Å². The highest BCUT2D eigenvalue weighted by Gasteiger charge is 2.21. The van der Waals surface area contributed by atoms with Crippen molar-refractivity contribution in [3.05, 3.63) is 66.6 Å². The summed E-state index contributed by atoms with van der Waals surface area (Å²) >= 11 is 0. The SMILES string of the molecule is Fc1cccc(-c2ccc3c(N4CCC4)nc(-c4cnccn4)nc3c2)c1F. The van der Waals surface area contributed by atoms with Gasteiger partial charge in [0.05, 0.1) is 11.7 Å². The first-order valence-electron chi connectivity index (χ1n) is 8.98. The molecule has 0 unspecified atom stereocenters. The second kappa shape index (κ2) is 6.60. The van der Waals surface area contributed by atoms with E-state index in [1.165, 1.54) is 6.07 Å². The lowest BCUT2D eigenvalue weighted by atomic mass is 10.0. The minimum absolute atomic E-state index is 0.201. The molecule has 2 aromatic heterocycles. The highest BCUT2D eigenvalue weighted by Crippen LogP contribution is 2.33. The number of nitrogens with zero attached hydrogens (tertiary/aromatic N) is 5. The van der Waals surface area contributed by atoms with Crippen LogP contribution in [0.3, 0.4) is 0 Å². The minimum atomic E-state index is -0.873. The number of hydrogen-bond donors (Lipinski definition) is 0. The summed E-state index contributed by atoms with van der Waals surface area (Å²) in [6, 6.07) is 9.56. The number of hydrogen-bond acceptors (Lipinski definition) is 5. The lowest BCUT2D eigenvalue weighted by Gasteiger charge is -2.33. The molecule has 2 aromatic carbocycles. The molecule has 3 heterocycles. The van der Waals surface area contributed by atoms with Crippen molar-refractivity contribution in [2.75, 3.05) is 18.0 Å². The first-order chi connectivity index (χ1) is 13.7. The predicted molar refractivity (Wildman–Crippen MR) is 103 cm³/mol. The van der Waals surface area contributed by atoms with E-state index in [9.17, 15) is 8.78 Å². The van der Waals surface area contributed by atoms with Crippen LogP contribution < -0.4 is 4.90 Å². The lowest BCUT2D eigenvalue weighted by Crippen LogP contribution is -2.37. The molecule has 5 nitrogen and oxygen atoms in total. The molecule has 1 fully saturated rings. The summed E-state index contributed by atoms with van der Waals surface area (Å²) in [5, 5.41) is 0.868. The Balaban J connectivity index is 1.72. The van der Waals surface area contributed by atoms with E-state index in [1.54, 1.807) is 36.8 Å². The summed E-state index contributed by atoms with van der Waals surface area (Å²) in [4.78, 5) is 19.9. The standard InChI is InChI=1S/C21H15F2N5/c22-16-4-1-3-14(19(16)23)13-5-6-15-17(11-13)26-20(18-12-24-7-8-25-18)27-21(15)28-9-2-10-28/h1,3-8,11-12H,2,9-10H2. The Hall–Kier alpha value is -3.48. The van der Waals surface area contributed by atoms with Crippen molar-refractivity contribution in [1.82, 2.24) is 19.9 Å². The fraction of sp³-hybridized carbons (Fsp3) is 0.143. The zero-order chi connectivity index (χ0) is 19.1. The minimum Gasteiger partial charge on any atom is -0.356 e. The predicted octanol–water partition coefficient (Wildman–Crippen LogP) is 4.24. The summed E-state index contributed by atoms with van der Waals surface area (Å²) < 4.78 is 27.9. The van der Waals surface area contributed by atoms with Gasteiger partial charge in [0.25, 0.3) is 0 Å². The first-order valence-corrected chi connectivity index (χ1v) is 8.98. The lowest BCUT2D eigenvalue weighted by molar-refractivity contribution is 0.511. The molecule has 7 heteroatoms. The van der Waals surface area contributed by atoms with Gasteiger partial charge in [-0.05, 0) is 30.2 Å². The molecule has 0 bridgehead atoms. The van der Waals surface area contributed by atoms with Crippen LogP contribution in [0.15, 0.2) is 55.0 Å². The van der Waals surface area contributed by atoms with Crippen LogP contribution in [-0.4, -0.2) is 33.0 Å². The van der Waals surface area contributed by atoms with Gasteiger partial charge in [0, 0.05) is 36.4 Å². The highest BCUT2D eigenvalue weighted by atomic mass is 19.2. The summed E-state index contributed by atoms with van der Waals surface area (Å²) in [7, 11) is 0. The molecular formula is C21H15F2N5. The van der Waals surface area contributed by atoms with Gasteiger partial charge < -0.3 is 4.90 Å². The molecule has 1 aliphatic rings. The van der Waals surface area contributed by atoms with Crippen molar-refractivity contribution < 1.29 is 8.78 Å². The quantitative estimate of drug-likeness (QED) is 0.536. The Bertz CT molecular complexity index is 1180. The molecule has 4 aromatic rings. The molecule has 0 aliphatic carbocycles. The van der Waals surface area contributed by atoms with Gasteiger partial charge in [0.2, 0.25) is 0 Å². The van der Waals surface area contributed by atoms with Crippen molar-refractivity contribution in [2.24, 2.45) is 0 Å². The van der Waals surface area contributed by atoms with Crippen LogP contribution >= 0.6 is 0 Å². The molecule has 28 heavy (non-hydrogen) atoms. The largest absolute Gasteiger partial charge is 0.356 e. The third-order valence-electron chi connectivity index (χ3n) is 4.89. The van der Waals surface area contributed by atoms with E-state index in [0.29, 0.717) is 22.6 Å². The molecule has 0 atom stereocenters. The smallest absolute Gasteiger partial charge is 0.182 e. The van der Waals surface area contributed by atoms with E-state index >= 15 is 0 Å². The van der Waals surface area contributed by atoms with E-state index in [0.717, 1.165) is 36.8 Å². The van der Waals surface area contributed by atoms with Gasteiger partial charge in [-0.25, -0.2) is 23.7 Å². The Kier molecular flexibility index (Phi) is 3.93. The van der Waals surface area contributed by atoms with Gasteiger partial charge in [-0.1, -0.05) is 18.2 Å². The Morgan fingerprint density at radius 2 is 1.86 bits per heavy atom. The second-order valence-corrected chi connectivity index (χ2v) is 6.64. The van der Waals surface area contributed by atoms with Crippen molar-refractivity contribution in [2.45, 2.75) is 6.42 Å². The van der Waals surface area contributed by atoms with Crippen molar-refractivity contribution in [3.63, 3.8) is 0 Å². The first kappa shape index (κ1) is 16.7. The molecule has 0 amide bonds. The number of rotatable bonds is 3. The summed E-state index contributed by atoms with van der Waals surface area (Å²) in [6.07, 6.45) is 5.90. The van der Waals surface area contributed by atoms with Crippen molar-refractivity contribution in [1.29, 1.82) is 0 Å². The normalized spacial score (nSPS) is 13.6. The Morgan fingerprint density at radius 3 is 2.61 bits per heavy atom. The van der Waals surface area contributed by atoms with E-state index in [-0.39, 0.29) is 5.56 Å². The van der Waals surface area contributed by atoms with Crippen LogP contribution in [0.2, 0.25) is 0 Å². The van der Waals surface area contributed by atoms with Crippen LogP contribution in [-0.2, 0) is 0 Å². The van der Waals surface area contributed by atoms with Gasteiger partial charge in [0.1, 0.15) is 11.5 Å². The van der Waals surface area contributed by atoms with Gasteiger partial charge in [0.15, 0.2) is 17.5 Å². The molecular weight excluding hydrogens is 360 g/mol. The number of anilines is 1. The summed E-state index contributed by atoms with van der Waals surface area (Å²) in [5.74, 6) is -0.461. The number of fused-ring (bicyclic) bond motifs is 1. The van der Waals surface area contributed by atoms with Crippen LogP contribution in [0.4, 0.5) is 14.6 Å². The molecule has 0 saturated carbocycles. The highest BCUT2D eigenvalue weighted by molar-refractivity contribution is 5.94. The van der Waals surface area contributed by atoms with Crippen LogP contribution in [0.1, 0.15) is 6.42 Å². The summed E-state index contributed by atoms with van der Waals surface area (Å²) in [5.41, 5.74) is 1.97. The van der Waals surface area contributed by atoms with Crippen molar-refractivity contribution >= 4 is 16.7 Å². The fourth-order valence-electron chi connectivity index (χ4n) is 3.31. The zero-order valence-corrected chi connectivity index (χ0v) is 14.8. The molecule has 5 rings (SSSR count). The molecule has 1 saturated heterocycles.